The van der Waals surface area contributed by atoms with Crippen molar-refractivity contribution in [3.05, 3.63) is 64.0 Å². The highest BCUT2D eigenvalue weighted by Gasteiger charge is 2.31. The molecule has 1 aliphatic heterocycles. The van der Waals surface area contributed by atoms with Gasteiger partial charge in [0, 0.05) is 21.8 Å². The van der Waals surface area contributed by atoms with Gasteiger partial charge in [0.15, 0.2) is 5.78 Å². The lowest BCUT2D eigenvalue weighted by molar-refractivity contribution is 0.0971. The summed E-state index contributed by atoms with van der Waals surface area (Å²) < 4.78 is 6.25. The van der Waals surface area contributed by atoms with Crippen LogP contribution in [0.1, 0.15) is 27.7 Å². The number of hydrogen-bond acceptors (Lipinski definition) is 5. The zero-order valence-corrected chi connectivity index (χ0v) is 14.3. The van der Waals surface area contributed by atoms with E-state index in [9.17, 15) is 4.79 Å². The van der Waals surface area contributed by atoms with E-state index in [1.807, 2.05) is 49.4 Å². The Labute approximate surface area is 146 Å². The van der Waals surface area contributed by atoms with Gasteiger partial charge in [-0.1, -0.05) is 44.8 Å². The lowest BCUT2D eigenvalue weighted by Crippen LogP contribution is -2.18. The van der Waals surface area contributed by atoms with E-state index in [2.05, 4.69) is 31.1 Å². The lowest BCUT2D eigenvalue weighted by Gasteiger charge is -2.14. The van der Waals surface area contributed by atoms with Crippen LogP contribution in [-0.2, 0) is 0 Å². The summed E-state index contributed by atoms with van der Waals surface area (Å²) in [5, 5.41) is 3.99. The minimum absolute atomic E-state index is 0.0758. The first-order valence-electron chi connectivity index (χ1n) is 7.40. The van der Waals surface area contributed by atoms with Crippen LogP contribution >= 0.6 is 15.9 Å². The van der Waals surface area contributed by atoms with Crippen molar-refractivity contribution in [3.63, 3.8) is 0 Å². The van der Waals surface area contributed by atoms with E-state index in [4.69, 9.17) is 4.52 Å². The Bertz CT molecular complexity index is 978. The molecule has 1 aliphatic rings. The van der Waals surface area contributed by atoms with Gasteiger partial charge in [-0.3, -0.25) is 9.79 Å². The molecule has 5 nitrogen and oxygen atoms in total. The van der Waals surface area contributed by atoms with Crippen LogP contribution in [-0.4, -0.2) is 22.1 Å². The standard InChI is InChI=1S/C18H12BrN3O2/c1-10-5-6-15-13(7-10)16(23)14(9-20-15)18-21-17(22-24-18)11-3-2-4-12(19)8-11/h2-9,14H,1H3. The Morgan fingerprint density at radius 2 is 2.04 bits per heavy atom. The number of halogens is 1. The van der Waals surface area contributed by atoms with Crippen LogP contribution in [0.15, 0.2) is 56.5 Å². The van der Waals surface area contributed by atoms with Crippen LogP contribution in [0.3, 0.4) is 0 Å². The number of ketones is 1. The second-order valence-electron chi connectivity index (χ2n) is 5.61. The maximum atomic E-state index is 12.7. The summed E-state index contributed by atoms with van der Waals surface area (Å²) in [4.78, 5) is 21.5. The number of carbonyl (C=O) groups excluding carboxylic acids is 1. The van der Waals surface area contributed by atoms with Crippen molar-refractivity contribution >= 4 is 33.6 Å². The van der Waals surface area contributed by atoms with Gasteiger partial charge < -0.3 is 4.52 Å². The number of hydrogen-bond donors (Lipinski definition) is 0. The normalized spacial score (nSPS) is 16.2. The quantitative estimate of drug-likeness (QED) is 0.655. The van der Waals surface area contributed by atoms with Crippen LogP contribution in [0.4, 0.5) is 5.69 Å². The summed E-state index contributed by atoms with van der Waals surface area (Å²) in [5.41, 5.74) is 3.09. The van der Waals surface area contributed by atoms with Crippen molar-refractivity contribution in [3.8, 4) is 11.4 Å². The molecule has 1 atom stereocenters. The summed E-state index contributed by atoms with van der Waals surface area (Å²) >= 11 is 3.42. The Hall–Kier alpha value is -2.60. The van der Waals surface area contributed by atoms with Crippen molar-refractivity contribution in [1.29, 1.82) is 0 Å². The molecule has 1 unspecified atom stereocenters. The summed E-state index contributed by atoms with van der Waals surface area (Å²) in [6.07, 6.45) is 1.57. The summed E-state index contributed by atoms with van der Waals surface area (Å²) in [6, 6.07) is 13.2. The molecule has 0 amide bonds. The topological polar surface area (TPSA) is 68.3 Å². The molecule has 0 bridgehead atoms. The first-order valence-corrected chi connectivity index (χ1v) is 8.20. The Morgan fingerprint density at radius 3 is 2.88 bits per heavy atom. The molecule has 6 heteroatoms. The van der Waals surface area contributed by atoms with Gasteiger partial charge in [0.1, 0.15) is 5.92 Å². The average Bonchev–Trinajstić information content (AvgIpc) is 3.05. The van der Waals surface area contributed by atoms with Crippen molar-refractivity contribution in [2.24, 2.45) is 4.99 Å². The van der Waals surface area contributed by atoms with E-state index in [-0.39, 0.29) is 11.7 Å². The maximum Gasteiger partial charge on any atom is 0.243 e. The third-order valence-electron chi connectivity index (χ3n) is 3.85. The van der Waals surface area contributed by atoms with Gasteiger partial charge in [-0.15, -0.1) is 0 Å². The van der Waals surface area contributed by atoms with Gasteiger partial charge in [0.05, 0.1) is 5.69 Å². The molecule has 118 valence electrons. The van der Waals surface area contributed by atoms with Crippen LogP contribution in [0.2, 0.25) is 0 Å². The predicted molar refractivity (Wildman–Crippen MR) is 93.8 cm³/mol. The van der Waals surface area contributed by atoms with Gasteiger partial charge in [-0.25, -0.2) is 0 Å². The van der Waals surface area contributed by atoms with Gasteiger partial charge in [-0.05, 0) is 31.2 Å². The number of Topliss-reactive ketones (excluding diaryl/α,β-unsaturated/α-hetero) is 1. The van der Waals surface area contributed by atoms with Gasteiger partial charge >= 0.3 is 0 Å². The predicted octanol–water partition coefficient (Wildman–Crippen LogP) is 4.49. The fraction of sp³-hybridized carbons (Fsp3) is 0.111. The first kappa shape index (κ1) is 15.0. The highest BCUT2D eigenvalue weighted by atomic mass is 79.9. The smallest absolute Gasteiger partial charge is 0.243 e. The minimum Gasteiger partial charge on any atom is -0.338 e. The molecule has 2 aromatic carbocycles. The SMILES string of the molecule is Cc1ccc2c(c1)C(=O)C(c1nc(-c3cccc(Br)c3)no1)C=N2. The Balaban J connectivity index is 1.70. The molecule has 3 aromatic rings. The molecule has 0 saturated heterocycles. The van der Waals surface area contributed by atoms with E-state index in [0.29, 0.717) is 17.1 Å². The molecule has 0 radical (unpaired) electrons. The zero-order chi connectivity index (χ0) is 16.7. The lowest BCUT2D eigenvalue weighted by atomic mass is 9.93. The van der Waals surface area contributed by atoms with E-state index >= 15 is 0 Å². The van der Waals surface area contributed by atoms with E-state index in [1.54, 1.807) is 6.21 Å². The number of aliphatic imine (C=N–C) groups is 1. The summed E-state index contributed by atoms with van der Waals surface area (Å²) in [7, 11) is 0. The maximum absolute atomic E-state index is 12.7. The largest absolute Gasteiger partial charge is 0.338 e. The van der Waals surface area contributed by atoms with Crippen LogP contribution < -0.4 is 0 Å². The number of benzene rings is 2. The summed E-state index contributed by atoms with van der Waals surface area (Å²) in [5.74, 6) is -0.0192. The van der Waals surface area contributed by atoms with Gasteiger partial charge in [0.2, 0.25) is 11.7 Å². The van der Waals surface area contributed by atoms with Crippen LogP contribution in [0.5, 0.6) is 0 Å². The first-order chi connectivity index (χ1) is 11.6. The van der Waals surface area contributed by atoms with E-state index < -0.39 is 5.92 Å². The minimum atomic E-state index is -0.646. The fourth-order valence-corrected chi connectivity index (χ4v) is 3.03. The third kappa shape index (κ3) is 2.59. The molecule has 4 rings (SSSR count). The molecule has 24 heavy (non-hydrogen) atoms. The number of aryl methyl sites for hydroxylation is 1. The number of carbonyl (C=O) groups is 1. The van der Waals surface area contributed by atoms with Crippen molar-refractivity contribution in [2.75, 3.05) is 0 Å². The molecule has 1 aromatic heterocycles. The van der Waals surface area contributed by atoms with Gasteiger partial charge in [0.25, 0.3) is 0 Å². The number of aromatic nitrogens is 2. The molecular formula is C18H12BrN3O2. The Kier molecular flexibility index (Phi) is 3.61. The molecule has 0 spiro atoms. The highest BCUT2D eigenvalue weighted by molar-refractivity contribution is 9.10. The van der Waals surface area contributed by atoms with Gasteiger partial charge in [-0.2, -0.15) is 4.98 Å². The zero-order valence-electron chi connectivity index (χ0n) is 12.7. The van der Waals surface area contributed by atoms with E-state index in [0.717, 1.165) is 15.6 Å². The average molecular weight is 382 g/mol. The molecule has 2 heterocycles. The molecule has 0 saturated carbocycles. The second kappa shape index (κ2) is 5.79. The molecule has 0 N–H and O–H groups in total. The van der Waals surface area contributed by atoms with E-state index in [1.165, 1.54) is 0 Å². The van der Waals surface area contributed by atoms with Crippen molar-refractivity contribution < 1.29 is 9.32 Å². The molecule has 0 aliphatic carbocycles. The van der Waals surface area contributed by atoms with Crippen LogP contribution in [0, 0.1) is 6.92 Å². The highest BCUT2D eigenvalue weighted by Crippen LogP contribution is 2.32. The molecule has 0 fully saturated rings. The third-order valence-corrected chi connectivity index (χ3v) is 4.35. The fourth-order valence-electron chi connectivity index (χ4n) is 2.63. The second-order valence-corrected chi connectivity index (χ2v) is 6.52. The van der Waals surface area contributed by atoms with Crippen LogP contribution in [0.25, 0.3) is 11.4 Å². The van der Waals surface area contributed by atoms with Crippen molar-refractivity contribution in [2.45, 2.75) is 12.8 Å². The van der Waals surface area contributed by atoms with Crippen molar-refractivity contribution in [1.82, 2.24) is 10.1 Å². The summed E-state index contributed by atoms with van der Waals surface area (Å²) in [6.45, 7) is 1.94. The number of rotatable bonds is 2. The molecular weight excluding hydrogens is 370 g/mol. The monoisotopic (exact) mass is 381 g/mol. The number of fused-ring (bicyclic) bond motifs is 1. The Morgan fingerprint density at radius 1 is 1.17 bits per heavy atom. The number of nitrogens with zero attached hydrogens (tertiary/aromatic N) is 3.